The van der Waals surface area contributed by atoms with Gasteiger partial charge in [0, 0.05) is 17.8 Å². The number of benzene rings is 1. The van der Waals surface area contributed by atoms with E-state index in [0.717, 1.165) is 13.1 Å². The van der Waals surface area contributed by atoms with Crippen molar-refractivity contribution in [1.82, 2.24) is 5.32 Å². The zero-order valence-corrected chi connectivity index (χ0v) is 8.60. The van der Waals surface area contributed by atoms with Crippen molar-refractivity contribution >= 4 is 21.4 Å². The molecule has 1 aliphatic rings. The van der Waals surface area contributed by atoms with E-state index in [1.807, 2.05) is 0 Å². The standard InChI is InChI=1S/C11H12N2S/c12-11(6-13-7-11)9-2-1-3-10-8(9)4-5-14-10/h1-5,13H,6-7,12H2. The first kappa shape index (κ1) is 8.41. The van der Waals surface area contributed by atoms with Crippen molar-refractivity contribution in [2.45, 2.75) is 5.54 Å². The molecule has 0 saturated carbocycles. The molecule has 2 heterocycles. The van der Waals surface area contributed by atoms with E-state index in [0.29, 0.717) is 0 Å². The Morgan fingerprint density at radius 2 is 2.14 bits per heavy atom. The van der Waals surface area contributed by atoms with Gasteiger partial charge in [0.15, 0.2) is 0 Å². The van der Waals surface area contributed by atoms with Crippen LogP contribution in [0.1, 0.15) is 5.56 Å². The van der Waals surface area contributed by atoms with Crippen molar-refractivity contribution in [2.75, 3.05) is 13.1 Å². The minimum atomic E-state index is -0.138. The summed E-state index contributed by atoms with van der Waals surface area (Å²) in [5.41, 5.74) is 7.44. The van der Waals surface area contributed by atoms with Crippen LogP contribution in [-0.4, -0.2) is 13.1 Å². The number of nitrogens with two attached hydrogens (primary N) is 1. The van der Waals surface area contributed by atoms with Gasteiger partial charge in [0.1, 0.15) is 0 Å². The van der Waals surface area contributed by atoms with Crippen molar-refractivity contribution in [3.05, 3.63) is 35.2 Å². The van der Waals surface area contributed by atoms with E-state index >= 15 is 0 Å². The summed E-state index contributed by atoms with van der Waals surface area (Å²) in [6.07, 6.45) is 0. The van der Waals surface area contributed by atoms with Crippen LogP contribution in [0.15, 0.2) is 29.6 Å². The molecular weight excluding hydrogens is 192 g/mol. The normalized spacial score (nSPS) is 19.5. The van der Waals surface area contributed by atoms with Gasteiger partial charge in [0.05, 0.1) is 5.54 Å². The molecule has 3 rings (SSSR count). The molecule has 72 valence electrons. The molecule has 0 aliphatic carbocycles. The largest absolute Gasteiger partial charge is 0.319 e. The van der Waals surface area contributed by atoms with Gasteiger partial charge in [-0.1, -0.05) is 12.1 Å². The molecule has 1 fully saturated rings. The second-order valence-electron chi connectivity index (χ2n) is 3.90. The molecule has 0 spiro atoms. The molecule has 0 radical (unpaired) electrons. The fraction of sp³-hybridized carbons (Fsp3) is 0.273. The summed E-state index contributed by atoms with van der Waals surface area (Å²) in [7, 11) is 0. The Morgan fingerprint density at radius 3 is 2.86 bits per heavy atom. The molecule has 0 amide bonds. The van der Waals surface area contributed by atoms with Gasteiger partial charge in [-0.15, -0.1) is 11.3 Å². The van der Waals surface area contributed by atoms with Gasteiger partial charge >= 0.3 is 0 Å². The summed E-state index contributed by atoms with van der Waals surface area (Å²) in [5, 5.41) is 6.68. The van der Waals surface area contributed by atoms with Crippen LogP contribution in [0.25, 0.3) is 10.1 Å². The van der Waals surface area contributed by atoms with Crippen LogP contribution in [0, 0.1) is 0 Å². The van der Waals surface area contributed by atoms with Gasteiger partial charge < -0.3 is 11.1 Å². The van der Waals surface area contributed by atoms with Crippen molar-refractivity contribution in [2.24, 2.45) is 5.73 Å². The van der Waals surface area contributed by atoms with E-state index in [-0.39, 0.29) is 5.54 Å². The lowest BCUT2D eigenvalue weighted by Gasteiger charge is -2.40. The quantitative estimate of drug-likeness (QED) is 0.741. The summed E-state index contributed by atoms with van der Waals surface area (Å²) >= 11 is 1.78. The summed E-state index contributed by atoms with van der Waals surface area (Å²) < 4.78 is 1.33. The van der Waals surface area contributed by atoms with E-state index in [2.05, 4.69) is 35.0 Å². The Morgan fingerprint density at radius 1 is 1.29 bits per heavy atom. The second kappa shape index (κ2) is 2.79. The third-order valence-corrected chi connectivity index (χ3v) is 3.80. The number of rotatable bonds is 1. The van der Waals surface area contributed by atoms with E-state index in [1.54, 1.807) is 11.3 Å². The molecule has 0 unspecified atom stereocenters. The molecule has 2 aromatic rings. The van der Waals surface area contributed by atoms with Gasteiger partial charge in [-0.25, -0.2) is 0 Å². The van der Waals surface area contributed by atoms with Crippen LogP contribution in [0.3, 0.4) is 0 Å². The highest BCUT2D eigenvalue weighted by Gasteiger charge is 2.35. The lowest BCUT2D eigenvalue weighted by atomic mass is 9.84. The molecule has 1 aliphatic heterocycles. The van der Waals surface area contributed by atoms with Crippen molar-refractivity contribution < 1.29 is 0 Å². The summed E-state index contributed by atoms with van der Waals surface area (Å²) in [6.45, 7) is 1.78. The van der Waals surface area contributed by atoms with Crippen LogP contribution in [-0.2, 0) is 5.54 Å². The number of hydrogen-bond acceptors (Lipinski definition) is 3. The Labute approximate surface area is 86.7 Å². The first-order valence-corrected chi connectivity index (χ1v) is 5.64. The van der Waals surface area contributed by atoms with E-state index in [9.17, 15) is 0 Å². The summed E-state index contributed by atoms with van der Waals surface area (Å²) in [6, 6.07) is 8.57. The summed E-state index contributed by atoms with van der Waals surface area (Å²) in [4.78, 5) is 0. The molecule has 3 N–H and O–H groups in total. The van der Waals surface area contributed by atoms with Crippen molar-refractivity contribution in [3.8, 4) is 0 Å². The third kappa shape index (κ3) is 1.03. The molecule has 2 nitrogen and oxygen atoms in total. The van der Waals surface area contributed by atoms with Gasteiger partial charge in [0.2, 0.25) is 0 Å². The van der Waals surface area contributed by atoms with Crippen molar-refractivity contribution in [1.29, 1.82) is 0 Å². The maximum Gasteiger partial charge on any atom is 0.0668 e. The maximum absolute atomic E-state index is 6.29. The van der Waals surface area contributed by atoms with Gasteiger partial charge in [0.25, 0.3) is 0 Å². The lowest BCUT2D eigenvalue weighted by Crippen LogP contribution is -2.62. The monoisotopic (exact) mass is 204 g/mol. The predicted octanol–water partition coefficient (Wildman–Crippen LogP) is 1.66. The number of hydrogen-bond donors (Lipinski definition) is 2. The first-order chi connectivity index (χ1) is 6.80. The van der Waals surface area contributed by atoms with Crippen LogP contribution >= 0.6 is 11.3 Å². The SMILES string of the molecule is NC1(c2cccc3sccc23)CNC1. The fourth-order valence-corrected chi connectivity index (χ4v) is 2.83. The Bertz CT molecular complexity index is 471. The molecule has 0 bridgehead atoms. The molecule has 1 aromatic heterocycles. The average molecular weight is 204 g/mol. The van der Waals surface area contributed by atoms with Crippen LogP contribution in [0.2, 0.25) is 0 Å². The third-order valence-electron chi connectivity index (χ3n) is 2.91. The molecule has 0 atom stereocenters. The minimum Gasteiger partial charge on any atom is -0.319 e. The highest BCUT2D eigenvalue weighted by atomic mass is 32.1. The lowest BCUT2D eigenvalue weighted by molar-refractivity contribution is 0.289. The van der Waals surface area contributed by atoms with Crippen LogP contribution in [0.4, 0.5) is 0 Å². The number of fused-ring (bicyclic) bond motifs is 1. The average Bonchev–Trinajstić information content (AvgIpc) is 2.61. The zero-order chi connectivity index (χ0) is 9.60. The highest BCUT2D eigenvalue weighted by Crippen LogP contribution is 2.32. The second-order valence-corrected chi connectivity index (χ2v) is 4.85. The Balaban J connectivity index is 2.24. The maximum atomic E-state index is 6.29. The number of nitrogens with one attached hydrogen (secondary N) is 1. The highest BCUT2D eigenvalue weighted by molar-refractivity contribution is 7.17. The molecule has 1 saturated heterocycles. The smallest absolute Gasteiger partial charge is 0.0668 e. The Hall–Kier alpha value is -0.900. The van der Waals surface area contributed by atoms with Crippen LogP contribution < -0.4 is 11.1 Å². The molecular formula is C11H12N2S. The molecule has 1 aromatic carbocycles. The summed E-state index contributed by atoms with van der Waals surface area (Å²) in [5.74, 6) is 0. The van der Waals surface area contributed by atoms with Gasteiger partial charge in [-0.05, 0) is 28.5 Å². The van der Waals surface area contributed by atoms with Gasteiger partial charge in [-0.2, -0.15) is 0 Å². The van der Waals surface area contributed by atoms with E-state index in [4.69, 9.17) is 5.73 Å². The van der Waals surface area contributed by atoms with Gasteiger partial charge in [-0.3, -0.25) is 0 Å². The van der Waals surface area contributed by atoms with Crippen LogP contribution in [0.5, 0.6) is 0 Å². The zero-order valence-electron chi connectivity index (χ0n) is 7.79. The van der Waals surface area contributed by atoms with E-state index in [1.165, 1.54) is 15.6 Å². The topological polar surface area (TPSA) is 38.0 Å². The predicted molar refractivity (Wildman–Crippen MR) is 60.6 cm³/mol. The minimum absolute atomic E-state index is 0.138. The van der Waals surface area contributed by atoms with Crippen molar-refractivity contribution in [3.63, 3.8) is 0 Å². The van der Waals surface area contributed by atoms with E-state index < -0.39 is 0 Å². The number of thiophene rings is 1. The Kier molecular flexibility index (Phi) is 1.68. The fourth-order valence-electron chi connectivity index (χ4n) is 2.01. The molecule has 14 heavy (non-hydrogen) atoms. The molecule has 3 heteroatoms. The first-order valence-electron chi connectivity index (χ1n) is 4.76.